The lowest BCUT2D eigenvalue weighted by molar-refractivity contribution is 0.956. The number of hydrogen-bond donors (Lipinski definition) is 3. The largest absolute Gasteiger partial charge is 0.332 e. The van der Waals surface area contributed by atoms with Gasteiger partial charge in [0, 0.05) is 23.6 Å². The average Bonchev–Trinajstić information content (AvgIpc) is 2.70. The zero-order valence-electron chi connectivity index (χ0n) is 18.4. The van der Waals surface area contributed by atoms with Crippen LogP contribution in [0.1, 0.15) is 28.1 Å². The summed E-state index contributed by atoms with van der Waals surface area (Å²) >= 11 is 5.54. The van der Waals surface area contributed by atoms with Gasteiger partial charge in [-0.3, -0.25) is 10.3 Å². The second-order valence-corrected chi connectivity index (χ2v) is 7.87. The van der Waals surface area contributed by atoms with Gasteiger partial charge in [0.15, 0.2) is 5.11 Å². The Labute approximate surface area is 189 Å². The number of aliphatic imine (C=N–C) groups is 1. The molecule has 6 nitrogen and oxygen atoms in total. The molecule has 3 N–H and O–H groups in total. The topological polar surface area (TPSA) is 74.2 Å². The summed E-state index contributed by atoms with van der Waals surface area (Å²) in [6.45, 7) is 8.56. The fraction of sp³-hybridized carbons (Fsp3) is 0.250. The van der Waals surface area contributed by atoms with Gasteiger partial charge in [0.2, 0.25) is 11.9 Å². The van der Waals surface area contributed by atoms with Gasteiger partial charge < -0.3 is 10.6 Å². The SMILES string of the molecule is Cc1ccc(C)c(NC(=S)NC(=NCCc2ccccc2)Nc2nc(C)cc(C)n2)c1. The van der Waals surface area contributed by atoms with E-state index < -0.39 is 0 Å². The van der Waals surface area contributed by atoms with Gasteiger partial charge in [0.25, 0.3) is 0 Å². The summed E-state index contributed by atoms with van der Waals surface area (Å²) in [7, 11) is 0. The lowest BCUT2D eigenvalue weighted by atomic mass is 10.1. The predicted molar refractivity (Wildman–Crippen MR) is 133 cm³/mol. The molecule has 1 heterocycles. The van der Waals surface area contributed by atoms with Crippen molar-refractivity contribution in [1.29, 1.82) is 0 Å². The highest BCUT2D eigenvalue weighted by Gasteiger charge is 2.08. The van der Waals surface area contributed by atoms with Crippen LogP contribution in [0.15, 0.2) is 59.6 Å². The highest BCUT2D eigenvalue weighted by molar-refractivity contribution is 7.80. The van der Waals surface area contributed by atoms with Crippen LogP contribution in [0.2, 0.25) is 0 Å². The molecule has 160 valence electrons. The van der Waals surface area contributed by atoms with Gasteiger partial charge in [-0.15, -0.1) is 0 Å². The summed E-state index contributed by atoms with van der Waals surface area (Å²) in [4.78, 5) is 13.6. The van der Waals surface area contributed by atoms with Crippen molar-refractivity contribution in [3.05, 3.63) is 82.7 Å². The van der Waals surface area contributed by atoms with Crippen LogP contribution in [0.5, 0.6) is 0 Å². The molecule has 0 amide bonds. The smallest absolute Gasteiger partial charge is 0.229 e. The third kappa shape index (κ3) is 7.15. The summed E-state index contributed by atoms with van der Waals surface area (Å²) in [6, 6.07) is 18.4. The Morgan fingerprint density at radius 1 is 0.903 bits per heavy atom. The van der Waals surface area contributed by atoms with Crippen molar-refractivity contribution in [2.45, 2.75) is 34.1 Å². The first-order valence-corrected chi connectivity index (χ1v) is 10.6. The van der Waals surface area contributed by atoms with Crippen molar-refractivity contribution < 1.29 is 0 Å². The van der Waals surface area contributed by atoms with E-state index in [1.807, 2.05) is 45.0 Å². The fourth-order valence-electron chi connectivity index (χ4n) is 3.07. The molecule has 0 saturated heterocycles. The minimum absolute atomic E-state index is 0.448. The third-order valence-corrected chi connectivity index (χ3v) is 4.80. The maximum absolute atomic E-state index is 5.54. The number of thiocarbonyl (C=S) groups is 1. The Hall–Kier alpha value is -3.32. The highest BCUT2D eigenvalue weighted by Crippen LogP contribution is 2.16. The minimum atomic E-state index is 0.448. The van der Waals surface area contributed by atoms with Crippen LogP contribution in [-0.4, -0.2) is 27.6 Å². The van der Waals surface area contributed by atoms with Gasteiger partial charge in [-0.25, -0.2) is 9.97 Å². The third-order valence-electron chi connectivity index (χ3n) is 4.60. The fourth-order valence-corrected chi connectivity index (χ4v) is 3.28. The number of nitrogens with zero attached hydrogens (tertiary/aromatic N) is 3. The van der Waals surface area contributed by atoms with Crippen molar-refractivity contribution in [2.75, 3.05) is 17.2 Å². The number of nitrogens with one attached hydrogen (secondary N) is 3. The van der Waals surface area contributed by atoms with Gasteiger partial charge >= 0.3 is 0 Å². The summed E-state index contributed by atoms with van der Waals surface area (Å²) < 4.78 is 0. The second-order valence-electron chi connectivity index (χ2n) is 7.46. The highest BCUT2D eigenvalue weighted by atomic mass is 32.1. The molecule has 0 spiro atoms. The Balaban J connectivity index is 1.74. The standard InChI is InChI=1S/C24H28N6S/c1-16-10-11-17(2)21(14-16)28-24(31)30-22(25-13-12-20-8-6-5-7-9-20)29-23-26-18(3)15-19(4)27-23/h5-11,14-15H,12-13H2,1-4H3,(H3,25,26,27,28,29,30,31). The minimum Gasteiger partial charge on any atom is -0.332 e. The van der Waals surface area contributed by atoms with Crippen LogP contribution in [0.25, 0.3) is 0 Å². The van der Waals surface area contributed by atoms with Crippen LogP contribution in [0.3, 0.4) is 0 Å². The molecule has 0 radical (unpaired) electrons. The molecular weight excluding hydrogens is 404 g/mol. The first-order valence-electron chi connectivity index (χ1n) is 10.2. The summed E-state index contributed by atoms with van der Waals surface area (Å²) in [5.74, 6) is 0.988. The van der Waals surface area contributed by atoms with E-state index in [0.29, 0.717) is 23.6 Å². The van der Waals surface area contributed by atoms with Gasteiger partial charge in [-0.05, 0) is 75.2 Å². The predicted octanol–water partition coefficient (Wildman–Crippen LogP) is 4.71. The molecule has 0 bridgehead atoms. The monoisotopic (exact) mass is 432 g/mol. The van der Waals surface area contributed by atoms with E-state index in [1.54, 1.807) is 0 Å². The number of benzene rings is 2. The lowest BCUT2D eigenvalue weighted by Crippen LogP contribution is -2.39. The molecule has 0 aliphatic heterocycles. The number of aryl methyl sites for hydroxylation is 4. The molecule has 3 rings (SSSR count). The number of aromatic nitrogens is 2. The maximum Gasteiger partial charge on any atom is 0.229 e. The molecule has 0 atom stereocenters. The zero-order valence-corrected chi connectivity index (χ0v) is 19.2. The number of anilines is 2. The maximum atomic E-state index is 5.54. The van der Waals surface area contributed by atoms with Crippen molar-refractivity contribution in [3.63, 3.8) is 0 Å². The first-order chi connectivity index (χ1) is 14.9. The number of hydrogen-bond acceptors (Lipinski definition) is 4. The van der Waals surface area contributed by atoms with E-state index in [1.165, 1.54) is 5.56 Å². The van der Waals surface area contributed by atoms with E-state index in [0.717, 1.165) is 34.6 Å². The second kappa shape index (κ2) is 10.6. The molecule has 31 heavy (non-hydrogen) atoms. The average molecular weight is 433 g/mol. The van der Waals surface area contributed by atoms with Crippen LogP contribution >= 0.6 is 12.2 Å². The molecular formula is C24H28N6S. The summed E-state index contributed by atoms with van der Waals surface area (Å²) in [5.41, 5.74) is 6.23. The van der Waals surface area contributed by atoms with Crippen LogP contribution in [0, 0.1) is 27.7 Å². The van der Waals surface area contributed by atoms with Gasteiger partial charge in [-0.1, -0.05) is 42.5 Å². The molecule has 2 aromatic carbocycles. The van der Waals surface area contributed by atoms with Gasteiger partial charge in [-0.2, -0.15) is 0 Å². The molecule has 0 fully saturated rings. The molecule has 1 aromatic heterocycles. The number of guanidine groups is 1. The molecule has 0 unspecified atom stereocenters. The van der Waals surface area contributed by atoms with E-state index in [2.05, 4.69) is 68.2 Å². The Bertz CT molecular complexity index is 1060. The first kappa shape index (κ1) is 22.4. The molecule has 7 heteroatoms. The van der Waals surface area contributed by atoms with E-state index in [-0.39, 0.29) is 0 Å². The molecule has 0 aliphatic rings. The summed E-state index contributed by atoms with van der Waals surface area (Å²) in [6.07, 6.45) is 0.818. The van der Waals surface area contributed by atoms with Crippen molar-refractivity contribution in [3.8, 4) is 0 Å². The van der Waals surface area contributed by atoms with Gasteiger partial charge in [0.1, 0.15) is 0 Å². The van der Waals surface area contributed by atoms with E-state index >= 15 is 0 Å². The van der Waals surface area contributed by atoms with Crippen molar-refractivity contribution >= 4 is 34.9 Å². The van der Waals surface area contributed by atoms with E-state index in [4.69, 9.17) is 12.2 Å². The van der Waals surface area contributed by atoms with Gasteiger partial charge in [0.05, 0.1) is 0 Å². The Kier molecular flexibility index (Phi) is 7.67. The molecule has 3 aromatic rings. The van der Waals surface area contributed by atoms with Crippen LogP contribution in [-0.2, 0) is 6.42 Å². The quantitative estimate of drug-likeness (QED) is 0.308. The summed E-state index contributed by atoms with van der Waals surface area (Å²) in [5, 5.41) is 10.0. The lowest BCUT2D eigenvalue weighted by Gasteiger charge is -2.16. The van der Waals surface area contributed by atoms with Crippen molar-refractivity contribution in [1.82, 2.24) is 15.3 Å². The normalized spacial score (nSPS) is 11.2. The molecule has 0 saturated carbocycles. The van der Waals surface area contributed by atoms with Crippen LogP contribution < -0.4 is 16.0 Å². The molecule has 0 aliphatic carbocycles. The van der Waals surface area contributed by atoms with Crippen LogP contribution in [0.4, 0.5) is 11.6 Å². The zero-order chi connectivity index (χ0) is 22.2. The van der Waals surface area contributed by atoms with Crippen molar-refractivity contribution in [2.24, 2.45) is 4.99 Å². The number of rotatable bonds is 5. The van der Waals surface area contributed by atoms with E-state index in [9.17, 15) is 0 Å². The Morgan fingerprint density at radius 3 is 2.32 bits per heavy atom. The Morgan fingerprint density at radius 2 is 1.61 bits per heavy atom.